The van der Waals surface area contributed by atoms with Gasteiger partial charge in [-0.15, -0.1) is 0 Å². The zero-order valence-corrected chi connectivity index (χ0v) is 43.3. The van der Waals surface area contributed by atoms with Gasteiger partial charge in [-0.25, -0.2) is 0 Å². The summed E-state index contributed by atoms with van der Waals surface area (Å²) < 4.78 is 74.3. The SMILES string of the molecule is CCCCO[Si](OCC)(OCC)C(CCO[SiH](OCC)C(C)CSSSSCC(C)[SiH](OCC)OCCC(OC)[Si](OCC)(OCC)OCCCC)OC. The molecule has 6 atom stereocenters. The van der Waals surface area contributed by atoms with E-state index in [9.17, 15) is 0 Å². The fourth-order valence-electron chi connectivity index (χ4n) is 5.34. The maximum atomic E-state index is 6.44. The lowest BCUT2D eigenvalue weighted by atomic mass is 10.4. The van der Waals surface area contributed by atoms with E-state index in [-0.39, 0.29) is 11.5 Å². The molecule has 0 radical (unpaired) electrons. The predicted octanol–water partition coefficient (Wildman–Crippen LogP) is 8.54. The Kier molecular flexibility index (Phi) is 37.8. The van der Waals surface area contributed by atoms with E-state index in [0.29, 0.717) is 90.0 Å². The largest absolute Gasteiger partial charge is 0.531 e. The second-order valence-corrected chi connectivity index (χ2v) is 29.0. The van der Waals surface area contributed by atoms with Gasteiger partial charge in [0.05, 0.1) is 0 Å². The third-order valence-electron chi connectivity index (χ3n) is 8.04. The van der Waals surface area contributed by atoms with Crippen LogP contribution in [0.15, 0.2) is 0 Å². The summed E-state index contributed by atoms with van der Waals surface area (Å²) in [7, 11) is 0.798. The van der Waals surface area contributed by atoms with Gasteiger partial charge in [0.15, 0.2) is 0 Å². The molecule has 0 aromatic rings. The summed E-state index contributed by atoms with van der Waals surface area (Å²) in [6.07, 6.45) is 5.24. The van der Waals surface area contributed by atoms with Gasteiger partial charge in [-0.05, 0) is 74.0 Å². The standard InChI is InChI=1S/C34H78O12S4Si4/c1-13-21-25-45-53(41-17-5,42-18-6)33(35-11)23-27-39-51(37-15-3)31(9)29-47-49-50-48-30-32(10)52(38-16-4)40-28-24-34(36-12)54(43-19-7,44-20-8)46-26-22-14-2/h31-34,51-52H,13-30H2,1-12H3. The van der Waals surface area contributed by atoms with Gasteiger partial charge in [0.2, 0.25) is 0 Å². The molecule has 54 heavy (non-hydrogen) atoms. The topological polar surface area (TPSA) is 111 Å². The Hall–Kier alpha value is 1.79. The van der Waals surface area contributed by atoms with E-state index in [2.05, 4.69) is 27.7 Å². The minimum atomic E-state index is -3.04. The normalized spacial score (nSPS) is 16.0. The van der Waals surface area contributed by atoms with Crippen molar-refractivity contribution >= 4 is 77.4 Å². The maximum absolute atomic E-state index is 6.44. The van der Waals surface area contributed by atoms with Crippen molar-refractivity contribution < 1.29 is 53.7 Å². The highest BCUT2D eigenvalue weighted by Gasteiger charge is 2.51. The first-order valence-corrected chi connectivity index (χ1v) is 32.1. The van der Waals surface area contributed by atoms with Crippen LogP contribution in [0.5, 0.6) is 0 Å². The highest BCUT2D eigenvalue weighted by molar-refractivity contribution is 9.26. The van der Waals surface area contributed by atoms with E-state index in [1.807, 2.05) is 82.8 Å². The van der Waals surface area contributed by atoms with Gasteiger partial charge >= 0.3 is 36.2 Å². The molecule has 0 fully saturated rings. The molecule has 0 aliphatic carbocycles. The Bertz CT molecular complexity index is 767. The van der Waals surface area contributed by atoms with Crippen LogP contribution in [-0.2, 0) is 53.7 Å². The summed E-state index contributed by atoms with van der Waals surface area (Å²) in [5, 5.41) is 0. The van der Waals surface area contributed by atoms with E-state index in [4.69, 9.17) is 53.7 Å². The average Bonchev–Trinajstić information content (AvgIpc) is 3.15. The number of methoxy groups -OCH3 is 2. The first-order valence-electron chi connectivity index (χ1n) is 20.1. The quantitative estimate of drug-likeness (QED) is 0.0332. The van der Waals surface area contributed by atoms with Crippen molar-refractivity contribution in [2.24, 2.45) is 0 Å². The van der Waals surface area contributed by atoms with Crippen LogP contribution in [0.3, 0.4) is 0 Å². The first kappa shape index (κ1) is 55.8. The predicted molar refractivity (Wildman–Crippen MR) is 239 cm³/mol. The highest BCUT2D eigenvalue weighted by Crippen LogP contribution is 2.45. The molecular weight excluding hydrogens is 841 g/mol. The smallest absolute Gasteiger partial charge is 0.397 e. The molecule has 0 rings (SSSR count). The Morgan fingerprint density at radius 1 is 0.463 bits per heavy atom. The molecule has 0 amide bonds. The first-order chi connectivity index (χ1) is 26.2. The molecule has 326 valence electrons. The Morgan fingerprint density at radius 2 is 0.815 bits per heavy atom. The summed E-state index contributed by atoms with van der Waals surface area (Å²) >= 11 is 0. The Labute approximate surface area is 351 Å². The van der Waals surface area contributed by atoms with E-state index >= 15 is 0 Å². The van der Waals surface area contributed by atoms with Gasteiger partial charge in [-0.1, -0.05) is 62.1 Å². The molecule has 0 heterocycles. The van der Waals surface area contributed by atoms with Crippen LogP contribution in [0.4, 0.5) is 0 Å². The Balaban J connectivity index is 4.94. The van der Waals surface area contributed by atoms with Crippen LogP contribution in [0.1, 0.15) is 108 Å². The lowest BCUT2D eigenvalue weighted by Gasteiger charge is -2.35. The second-order valence-electron chi connectivity index (χ2n) is 12.4. The van der Waals surface area contributed by atoms with Crippen molar-refractivity contribution in [3.05, 3.63) is 0 Å². The maximum Gasteiger partial charge on any atom is 0.531 e. The summed E-state index contributed by atoms with van der Waals surface area (Å²) in [4.78, 5) is 0. The molecule has 12 nitrogen and oxygen atoms in total. The van der Waals surface area contributed by atoms with Crippen molar-refractivity contribution in [2.75, 3.05) is 91.8 Å². The van der Waals surface area contributed by atoms with Crippen molar-refractivity contribution in [1.29, 1.82) is 0 Å². The van der Waals surface area contributed by atoms with Crippen LogP contribution in [0.2, 0.25) is 11.1 Å². The fraction of sp³-hybridized carbons (Fsp3) is 1.00. The third kappa shape index (κ3) is 23.0. The Morgan fingerprint density at radius 3 is 1.09 bits per heavy atom. The molecule has 0 saturated carbocycles. The molecule has 0 N–H and O–H groups in total. The monoisotopic (exact) mass is 918 g/mol. The summed E-state index contributed by atoms with van der Waals surface area (Å²) in [6.45, 7) is 26.2. The zero-order valence-electron chi connectivity index (χ0n) is 35.7. The number of ether oxygens (including phenoxy) is 2. The van der Waals surface area contributed by atoms with Crippen LogP contribution in [0.25, 0.3) is 0 Å². The van der Waals surface area contributed by atoms with Gasteiger partial charge < -0.3 is 53.7 Å². The molecule has 0 aliphatic heterocycles. The molecule has 0 aromatic carbocycles. The van der Waals surface area contributed by atoms with Crippen molar-refractivity contribution in [2.45, 2.75) is 130 Å². The van der Waals surface area contributed by atoms with Crippen LogP contribution in [-0.4, -0.2) is 139 Å². The number of unbranched alkanes of at least 4 members (excludes halogenated alkanes) is 2. The van der Waals surface area contributed by atoms with E-state index in [1.165, 1.54) is 0 Å². The summed E-state index contributed by atoms with van der Waals surface area (Å²) in [5.41, 5.74) is 0.0730. The summed E-state index contributed by atoms with van der Waals surface area (Å²) in [5.74, 6) is 1.90. The van der Waals surface area contributed by atoms with Gasteiger partial charge in [-0.3, -0.25) is 0 Å². The lowest BCUT2D eigenvalue weighted by molar-refractivity contribution is -0.00410. The minimum Gasteiger partial charge on any atom is -0.397 e. The van der Waals surface area contributed by atoms with Crippen molar-refractivity contribution in [1.82, 2.24) is 0 Å². The summed E-state index contributed by atoms with van der Waals surface area (Å²) in [6, 6.07) is 0. The minimum absolute atomic E-state index is 0.295. The van der Waals surface area contributed by atoms with Crippen LogP contribution in [0, 0.1) is 0 Å². The zero-order chi connectivity index (χ0) is 40.5. The fourth-order valence-corrected chi connectivity index (χ4v) is 22.8. The second kappa shape index (κ2) is 36.6. The van der Waals surface area contributed by atoms with Gasteiger partial charge in [0.1, 0.15) is 11.5 Å². The van der Waals surface area contributed by atoms with Crippen LogP contribution < -0.4 is 0 Å². The third-order valence-corrected chi connectivity index (χ3v) is 27.0. The van der Waals surface area contributed by atoms with Gasteiger partial charge in [0, 0.05) is 116 Å². The van der Waals surface area contributed by atoms with Crippen molar-refractivity contribution in [3.8, 4) is 0 Å². The molecule has 0 aromatic heterocycles. The van der Waals surface area contributed by atoms with Crippen LogP contribution >= 0.6 is 41.2 Å². The van der Waals surface area contributed by atoms with E-state index in [1.54, 1.807) is 14.2 Å². The number of hydrogen-bond acceptors (Lipinski definition) is 16. The molecule has 0 saturated heterocycles. The van der Waals surface area contributed by atoms with E-state index in [0.717, 1.165) is 37.2 Å². The lowest BCUT2D eigenvalue weighted by Crippen LogP contribution is -2.58. The van der Waals surface area contributed by atoms with E-state index < -0.39 is 36.2 Å². The molecule has 0 bridgehead atoms. The van der Waals surface area contributed by atoms with Gasteiger partial charge in [-0.2, -0.15) is 0 Å². The molecule has 0 aliphatic rings. The molecule has 0 spiro atoms. The number of rotatable bonds is 41. The van der Waals surface area contributed by atoms with Gasteiger partial charge in [0.25, 0.3) is 0 Å². The van der Waals surface area contributed by atoms with Crippen molar-refractivity contribution in [3.63, 3.8) is 0 Å². The average molecular weight is 920 g/mol. The highest BCUT2D eigenvalue weighted by atomic mass is 33.7. The molecule has 6 unspecified atom stereocenters. The number of hydrogen-bond donors (Lipinski definition) is 0. The molecule has 20 heteroatoms. The molecular formula is C34H78O12S4Si4.